The largest absolute Gasteiger partial charge is 0.497 e. The van der Waals surface area contributed by atoms with Crippen LogP contribution in [0.3, 0.4) is 0 Å². The quantitative estimate of drug-likeness (QED) is 0.580. The Morgan fingerprint density at radius 2 is 1.88 bits per heavy atom. The van der Waals surface area contributed by atoms with Crippen LogP contribution in [0.5, 0.6) is 5.75 Å². The third-order valence-electron chi connectivity index (χ3n) is 3.79. The van der Waals surface area contributed by atoms with E-state index in [0.29, 0.717) is 22.3 Å². The maximum atomic E-state index is 12.2. The molecule has 0 bridgehead atoms. The molecule has 0 unspecified atom stereocenters. The van der Waals surface area contributed by atoms with Crippen molar-refractivity contribution in [3.05, 3.63) is 53.7 Å². The fourth-order valence-electron chi connectivity index (χ4n) is 2.51. The Bertz CT molecular complexity index is 962. The number of benzene rings is 2. The molecule has 0 fully saturated rings. The average Bonchev–Trinajstić information content (AvgIpc) is 3.00. The van der Waals surface area contributed by atoms with Gasteiger partial charge in [-0.15, -0.1) is 0 Å². The number of methoxy groups -OCH3 is 1. The molecule has 4 N–H and O–H groups in total. The number of amides is 2. The van der Waals surface area contributed by atoms with E-state index in [1.165, 1.54) is 6.07 Å². The summed E-state index contributed by atoms with van der Waals surface area (Å²) >= 11 is 0. The second-order valence-electron chi connectivity index (χ2n) is 5.55. The minimum absolute atomic E-state index is 0.102. The first kappa shape index (κ1) is 16.4. The van der Waals surface area contributed by atoms with E-state index in [-0.39, 0.29) is 11.7 Å². The number of H-pyrrole nitrogens is 1. The molecule has 25 heavy (non-hydrogen) atoms. The van der Waals surface area contributed by atoms with Crippen molar-refractivity contribution < 1.29 is 19.4 Å². The van der Waals surface area contributed by atoms with Gasteiger partial charge in [0.1, 0.15) is 11.4 Å². The van der Waals surface area contributed by atoms with Crippen LogP contribution in [-0.2, 0) is 0 Å². The molecule has 0 aliphatic carbocycles. The average molecular weight is 339 g/mol. The zero-order chi connectivity index (χ0) is 18.0. The molecule has 1 aromatic heterocycles. The van der Waals surface area contributed by atoms with Gasteiger partial charge in [0.2, 0.25) is 0 Å². The van der Waals surface area contributed by atoms with Crippen molar-refractivity contribution in [1.82, 2.24) is 4.98 Å². The van der Waals surface area contributed by atoms with Gasteiger partial charge in [0.15, 0.2) is 0 Å². The van der Waals surface area contributed by atoms with Gasteiger partial charge in [-0.1, -0.05) is 0 Å². The SMILES string of the molecule is COc1ccc(NC(=O)Nc2ccc3[nH]c(C(=O)O)cc3c2)c(C)c1. The molecule has 0 aliphatic heterocycles. The second-order valence-corrected chi connectivity index (χ2v) is 5.55. The summed E-state index contributed by atoms with van der Waals surface area (Å²) in [5.41, 5.74) is 2.91. The predicted molar refractivity (Wildman–Crippen MR) is 95.6 cm³/mol. The van der Waals surface area contributed by atoms with Gasteiger partial charge in [-0.3, -0.25) is 0 Å². The fourth-order valence-corrected chi connectivity index (χ4v) is 2.51. The highest BCUT2D eigenvalue weighted by atomic mass is 16.5. The van der Waals surface area contributed by atoms with Gasteiger partial charge in [-0.05, 0) is 55.0 Å². The summed E-state index contributed by atoms with van der Waals surface area (Å²) in [5.74, 6) is -0.311. The number of aromatic amines is 1. The number of hydrogen-bond donors (Lipinski definition) is 4. The second kappa shape index (κ2) is 6.56. The Morgan fingerprint density at radius 3 is 2.56 bits per heavy atom. The van der Waals surface area contributed by atoms with Gasteiger partial charge in [-0.25, -0.2) is 9.59 Å². The van der Waals surface area contributed by atoms with Crippen LogP contribution >= 0.6 is 0 Å². The molecular formula is C18H17N3O4. The number of urea groups is 1. The maximum Gasteiger partial charge on any atom is 0.352 e. The highest BCUT2D eigenvalue weighted by Crippen LogP contribution is 2.23. The molecule has 0 aliphatic rings. The van der Waals surface area contributed by atoms with E-state index in [0.717, 1.165) is 11.3 Å². The number of aryl methyl sites for hydroxylation is 1. The summed E-state index contributed by atoms with van der Waals surface area (Å²) in [5, 5.41) is 15.2. The van der Waals surface area contributed by atoms with Crippen LogP contribution in [0.1, 0.15) is 16.1 Å². The van der Waals surface area contributed by atoms with Crippen LogP contribution in [0.15, 0.2) is 42.5 Å². The number of fused-ring (bicyclic) bond motifs is 1. The van der Waals surface area contributed by atoms with Crippen LogP contribution in [-0.4, -0.2) is 29.2 Å². The number of carboxylic acid groups (broad SMARTS) is 1. The number of rotatable bonds is 4. The van der Waals surface area contributed by atoms with Crippen LogP contribution in [0.4, 0.5) is 16.2 Å². The van der Waals surface area contributed by atoms with Crippen molar-refractivity contribution in [2.75, 3.05) is 17.7 Å². The van der Waals surface area contributed by atoms with Crippen molar-refractivity contribution in [3.8, 4) is 5.75 Å². The monoisotopic (exact) mass is 339 g/mol. The zero-order valence-corrected chi connectivity index (χ0v) is 13.7. The van der Waals surface area contributed by atoms with Crippen molar-refractivity contribution >= 4 is 34.3 Å². The van der Waals surface area contributed by atoms with E-state index < -0.39 is 5.97 Å². The molecule has 0 radical (unpaired) electrons. The smallest absolute Gasteiger partial charge is 0.352 e. The lowest BCUT2D eigenvalue weighted by molar-refractivity contribution is 0.0691. The molecule has 1 heterocycles. The summed E-state index contributed by atoms with van der Waals surface area (Å²) in [6, 6.07) is 11.6. The summed E-state index contributed by atoms with van der Waals surface area (Å²) in [7, 11) is 1.58. The maximum absolute atomic E-state index is 12.2. The molecule has 3 rings (SSSR count). The number of carbonyl (C=O) groups is 2. The van der Waals surface area contributed by atoms with E-state index in [1.807, 2.05) is 13.0 Å². The Morgan fingerprint density at radius 1 is 1.08 bits per heavy atom. The van der Waals surface area contributed by atoms with E-state index in [1.54, 1.807) is 37.4 Å². The van der Waals surface area contributed by atoms with Crippen LogP contribution < -0.4 is 15.4 Å². The molecule has 7 heteroatoms. The Labute approximate surface area is 143 Å². The number of anilines is 2. The van der Waals surface area contributed by atoms with E-state index >= 15 is 0 Å². The molecule has 3 aromatic rings. The highest BCUT2D eigenvalue weighted by molar-refractivity contribution is 6.02. The third-order valence-corrected chi connectivity index (χ3v) is 3.79. The van der Waals surface area contributed by atoms with Gasteiger partial charge in [-0.2, -0.15) is 0 Å². The van der Waals surface area contributed by atoms with Crippen LogP contribution in [0.2, 0.25) is 0 Å². The summed E-state index contributed by atoms with van der Waals surface area (Å²) in [6.07, 6.45) is 0. The standard InChI is InChI=1S/C18H17N3O4/c1-10-7-13(25-2)4-6-14(10)21-18(24)19-12-3-5-15-11(8-12)9-16(20-15)17(22)23/h3-9,20H,1-2H3,(H,22,23)(H2,19,21,24). The number of carbonyl (C=O) groups excluding carboxylic acids is 1. The van der Waals surface area contributed by atoms with Gasteiger partial charge in [0.05, 0.1) is 7.11 Å². The first-order chi connectivity index (χ1) is 12.0. The number of hydrogen-bond acceptors (Lipinski definition) is 3. The first-order valence-electron chi connectivity index (χ1n) is 7.55. The Kier molecular flexibility index (Phi) is 4.30. The van der Waals surface area contributed by atoms with Gasteiger partial charge < -0.3 is 25.5 Å². The first-order valence-corrected chi connectivity index (χ1v) is 7.55. The fraction of sp³-hybridized carbons (Fsp3) is 0.111. The lowest BCUT2D eigenvalue weighted by Gasteiger charge is -2.11. The van der Waals surface area contributed by atoms with E-state index in [4.69, 9.17) is 9.84 Å². The molecular weight excluding hydrogens is 322 g/mol. The molecule has 2 aromatic carbocycles. The number of carboxylic acids is 1. The molecule has 0 saturated carbocycles. The lowest BCUT2D eigenvalue weighted by atomic mass is 10.2. The lowest BCUT2D eigenvalue weighted by Crippen LogP contribution is -2.19. The van der Waals surface area contributed by atoms with Crippen molar-refractivity contribution in [1.29, 1.82) is 0 Å². The third kappa shape index (κ3) is 3.55. The van der Waals surface area contributed by atoms with Crippen molar-refractivity contribution in [2.24, 2.45) is 0 Å². The predicted octanol–water partition coefficient (Wildman–Crippen LogP) is 3.83. The number of ether oxygens (including phenoxy) is 1. The van der Waals surface area contributed by atoms with Gasteiger partial charge >= 0.3 is 12.0 Å². The number of aromatic nitrogens is 1. The van der Waals surface area contributed by atoms with Gasteiger partial charge in [0.25, 0.3) is 0 Å². The Hall–Kier alpha value is -3.48. The molecule has 128 valence electrons. The van der Waals surface area contributed by atoms with Crippen LogP contribution in [0, 0.1) is 6.92 Å². The van der Waals surface area contributed by atoms with Gasteiger partial charge in [0, 0.05) is 22.3 Å². The molecule has 0 atom stereocenters. The molecule has 0 saturated heterocycles. The molecule has 2 amide bonds. The molecule has 7 nitrogen and oxygen atoms in total. The normalized spacial score (nSPS) is 10.5. The summed E-state index contributed by atoms with van der Waals surface area (Å²) in [4.78, 5) is 26.0. The van der Waals surface area contributed by atoms with Crippen molar-refractivity contribution in [3.63, 3.8) is 0 Å². The minimum Gasteiger partial charge on any atom is -0.497 e. The summed E-state index contributed by atoms with van der Waals surface area (Å²) in [6.45, 7) is 1.87. The highest BCUT2D eigenvalue weighted by Gasteiger charge is 2.10. The van der Waals surface area contributed by atoms with E-state index in [9.17, 15) is 9.59 Å². The molecule has 0 spiro atoms. The number of nitrogens with one attached hydrogen (secondary N) is 3. The minimum atomic E-state index is -1.03. The van der Waals surface area contributed by atoms with E-state index in [2.05, 4.69) is 15.6 Å². The topological polar surface area (TPSA) is 103 Å². The van der Waals surface area contributed by atoms with Crippen LogP contribution in [0.25, 0.3) is 10.9 Å². The Balaban J connectivity index is 1.74. The van der Waals surface area contributed by atoms with Crippen molar-refractivity contribution in [2.45, 2.75) is 6.92 Å². The number of aromatic carboxylic acids is 1. The summed E-state index contributed by atoms with van der Waals surface area (Å²) < 4.78 is 5.14. The zero-order valence-electron chi connectivity index (χ0n) is 13.7.